The molecule has 0 bridgehead atoms. The molecule has 1 aliphatic rings. The fourth-order valence-electron chi connectivity index (χ4n) is 4.78. The first-order chi connectivity index (χ1) is 20.3. The van der Waals surface area contributed by atoms with Crippen LogP contribution in [-0.4, -0.2) is 28.4 Å². The average Bonchev–Trinajstić information content (AvgIpc) is 3.59. The van der Waals surface area contributed by atoms with E-state index in [0.717, 1.165) is 16.8 Å². The molecule has 9 heteroatoms. The Morgan fingerprint density at radius 3 is 2.33 bits per heavy atom. The van der Waals surface area contributed by atoms with Crippen molar-refractivity contribution in [3.05, 3.63) is 107 Å². The van der Waals surface area contributed by atoms with Crippen molar-refractivity contribution >= 4 is 17.6 Å². The van der Waals surface area contributed by atoms with Crippen LogP contribution >= 0.6 is 0 Å². The Labute approximate surface area is 241 Å². The van der Waals surface area contributed by atoms with Gasteiger partial charge in [0.1, 0.15) is 11.5 Å². The Hall–Kier alpha value is -5.44. The number of aryl methyl sites for hydroxylation is 2. The van der Waals surface area contributed by atoms with Gasteiger partial charge in [-0.3, -0.25) is 9.59 Å². The zero-order valence-corrected chi connectivity index (χ0v) is 23.1. The summed E-state index contributed by atoms with van der Waals surface area (Å²) in [5.41, 5.74) is 6.04. The summed E-state index contributed by atoms with van der Waals surface area (Å²) < 4.78 is 31.9. The summed E-state index contributed by atoms with van der Waals surface area (Å²) >= 11 is 0. The van der Waals surface area contributed by atoms with Gasteiger partial charge in [0.25, 0.3) is 5.91 Å². The number of amides is 1. The number of nitrogens with zero attached hydrogens (tertiary/aromatic N) is 2. The number of benzene rings is 4. The number of carbonyl (C=O) groups excluding carboxylic acids is 2. The minimum Gasteiger partial charge on any atom is -0.454 e. The number of fused-ring (bicyclic) bond motifs is 1. The van der Waals surface area contributed by atoms with Crippen LogP contribution in [0.15, 0.2) is 84.9 Å². The molecule has 0 saturated carbocycles. The molecule has 0 radical (unpaired) electrons. The van der Waals surface area contributed by atoms with Crippen LogP contribution in [0.25, 0.3) is 28.1 Å². The second kappa shape index (κ2) is 10.9. The lowest BCUT2D eigenvalue weighted by molar-refractivity contribution is -0.132. The van der Waals surface area contributed by atoms with Crippen molar-refractivity contribution in [3.63, 3.8) is 0 Å². The number of rotatable bonds is 6. The van der Waals surface area contributed by atoms with Crippen LogP contribution in [0, 0.1) is 19.7 Å². The van der Waals surface area contributed by atoms with E-state index in [-0.39, 0.29) is 24.4 Å². The van der Waals surface area contributed by atoms with Gasteiger partial charge < -0.3 is 19.5 Å². The maximum atomic E-state index is 13.8. The number of hydrogen-bond acceptors (Lipinski definition) is 6. The largest absolute Gasteiger partial charge is 0.454 e. The van der Waals surface area contributed by atoms with Crippen LogP contribution in [0.5, 0.6) is 17.4 Å². The van der Waals surface area contributed by atoms with E-state index in [1.807, 2.05) is 32.0 Å². The lowest BCUT2D eigenvalue weighted by Gasteiger charge is -2.12. The number of halogens is 1. The topological polar surface area (TPSA) is 91.7 Å². The number of esters is 1. The van der Waals surface area contributed by atoms with E-state index in [9.17, 15) is 14.0 Å². The summed E-state index contributed by atoms with van der Waals surface area (Å²) in [5.74, 6) is 0.144. The summed E-state index contributed by atoms with van der Waals surface area (Å²) in [6.07, 6.45) is 0. The van der Waals surface area contributed by atoms with Crippen molar-refractivity contribution in [2.24, 2.45) is 0 Å². The van der Waals surface area contributed by atoms with Gasteiger partial charge in [0.15, 0.2) is 11.5 Å². The molecule has 0 aliphatic carbocycles. The van der Waals surface area contributed by atoms with Crippen molar-refractivity contribution in [2.45, 2.75) is 20.8 Å². The molecule has 5 aromatic rings. The van der Waals surface area contributed by atoms with E-state index < -0.39 is 5.97 Å². The minimum absolute atomic E-state index is 0.122. The van der Waals surface area contributed by atoms with Crippen LogP contribution in [0.3, 0.4) is 0 Å². The second-order valence-corrected chi connectivity index (χ2v) is 9.93. The van der Waals surface area contributed by atoms with Gasteiger partial charge in [0.2, 0.25) is 12.7 Å². The van der Waals surface area contributed by atoms with Crippen molar-refractivity contribution in [1.29, 1.82) is 0 Å². The van der Waals surface area contributed by atoms with Crippen LogP contribution in [-0.2, 0) is 4.79 Å². The van der Waals surface area contributed by atoms with E-state index in [4.69, 9.17) is 19.3 Å². The van der Waals surface area contributed by atoms with E-state index in [0.29, 0.717) is 45.1 Å². The van der Waals surface area contributed by atoms with Crippen molar-refractivity contribution in [3.8, 4) is 45.5 Å². The third-order valence-electron chi connectivity index (χ3n) is 6.86. The third-order valence-corrected chi connectivity index (χ3v) is 6.86. The summed E-state index contributed by atoms with van der Waals surface area (Å²) in [4.78, 5) is 25.2. The second-order valence-electron chi connectivity index (χ2n) is 9.93. The predicted octanol–water partition coefficient (Wildman–Crippen LogP) is 6.87. The van der Waals surface area contributed by atoms with Crippen LogP contribution < -0.4 is 19.5 Å². The monoisotopic (exact) mass is 563 g/mol. The van der Waals surface area contributed by atoms with Crippen molar-refractivity contribution in [1.82, 2.24) is 9.78 Å². The average molecular weight is 564 g/mol. The molecular weight excluding hydrogens is 537 g/mol. The summed E-state index contributed by atoms with van der Waals surface area (Å²) in [7, 11) is 0. The molecule has 0 unspecified atom stereocenters. The van der Waals surface area contributed by atoms with Gasteiger partial charge in [-0.05, 0) is 91.2 Å². The van der Waals surface area contributed by atoms with E-state index in [2.05, 4.69) is 5.32 Å². The molecule has 1 N–H and O–H groups in total. The van der Waals surface area contributed by atoms with Crippen LogP contribution in [0.2, 0.25) is 0 Å². The highest BCUT2D eigenvalue weighted by molar-refractivity contribution is 6.05. The first-order valence-corrected chi connectivity index (χ1v) is 13.2. The van der Waals surface area contributed by atoms with Gasteiger partial charge >= 0.3 is 5.97 Å². The number of anilines is 1. The SMILES string of the molecule is CC(=O)Oc1c(-c2ccc(NC(=O)c3ccc4c(c3)OCO4)cc2)c(-c2ccc(F)cc2)nn1-c1cc(C)ccc1C. The fourth-order valence-corrected chi connectivity index (χ4v) is 4.78. The van der Waals surface area contributed by atoms with Gasteiger partial charge in [0.05, 0.1) is 11.3 Å². The minimum atomic E-state index is -0.513. The van der Waals surface area contributed by atoms with Gasteiger partial charge in [-0.1, -0.05) is 24.3 Å². The summed E-state index contributed by atoms with van der Waals surface area (Å²) in [5, 5.41) is 7.76. The van der Waals surface area contributed by atoms with Crippen LogP contribution in [0.4, 0.5) is 10.1 Å². The first kappa shape index (κ1) is 26.8. The Kier molecular flexibility index (Phi) is 6.92. The number of hydrogen-bond donors (Lipinski definition) is 1. The Morgan fingerprint density at radius 2 is 1.60 bits per heavy atom. The molecule has 4 aromatic carbocycles. The molecule has 1 amide bonds. The zero-order chi connectivity index (χ0) is 29.4. The van der Waals surface area contributed by atoms with E-state index >= 15 is 0 Å². The highest BCUT2D eigenvalue weighted by Crippen LogP contribution is 2.42. The molecule has 0 fully saturated rings. The molecule has 0 spiro atoms. The predicted molar refractivity (Wildman–Crippen MR) is 156 cm³/mol. The van der Waals surface area contributed by atoms with Gasteiger partial charge in [-0.2, -0.15) is 9.78 Å². The standard InChI is InChI=1S/C33H26FN3O5/c1-19-4-5-20(2)27(16-19)37-33(42-21(3)38)30(31(36-37)23-6-11-25(34)12-7-23)22-8-13-26(14-9-22)35-32(39)24-10-15-28-29(17-24)41-18-40-28/h4-17H,18H2,1-3H3,(H,35,39). The normalized spacial score (nSPS) is 11.8. The number of ether oxygens (including phenoxy) is 3. The smallest absolute Gasteiger partial charge is 0.309 e. The molecule has 6 rings (SSSR count). The molecule has 1 aromatic heterocycles. The summed E-state index contributed by atoms with van der Waals surface area (Å²) in [6, 6.07) is 24.0. The molecule has 0 atom stereocenters. The van der Waals surface area contributed by atoms with Gasteiger partial charge in [0, 0.05) is 23.7 Å². The zero-order valence-electron chi connectivity index (χ0n) is 23.1. The highest BCUT2D eigenvalue weighted by atomic mass is 19.1. The van der Waals surface area contributed by atoms with Crippen LogP contribution in [0.1, 0.15) is 28.4 Å². The van der Waals surface area contributed by atoms with E-state index in [1.165, 1.54) is 19.1 Å². The molecule has 8 nitrogen and oxygen atoms in total. The molecule has 1 aliphatic heterocycles. The quantitative estimate of drug-likeness (QED) is 0.227. The number of nitrogens with one attached hydrogen (secondary N) is 1. The lowest BCUT2D eigenvalue weighted by atomic mass is 10.0. The highest BCUT2D eigenvalue weighted by Gasteiger charge is 2.25. The number of aromatic nitrogens is 2. The third kappa shape index (κ3) is 5.19. The maximum Gasteiger partial charge on any atom is 0.309 e. The maximum absolute atomic E-state index is 13.8. The molecule has 210 valence electrons. The molecule has 2 heterocycles. The lowest BCUT2D eigenvalue weighted by Crippen LogP contribution is -2.11. The summed E-state index contributed by atoms with van der Waals surface area (Å²) in [6.45, 7) is 5.37. The van der Waals surface area contributed by atoms with Gasteiger partial charge in [-0.15, -0.1) is 0 Å². The van der Waals surface area contributed by atoms with Crippen molar-refractivity contribution in [2.75, 3.05) is 12.1 Å². The molecular formula is C33H26FN3O5. The molecule has 0 saturated heterocycles. The molecule has 42 heavy (non-hydrogen) atoms. The van der Waals surface area contributed by atoms with Crippen molar-refractivity contribution < 1.29 is 28.2 Å². The van der Waals surface area contributed by atoms with Gasteiger partial charge in [-0.25, -0.2) is 4.39 Å². The fraction of sp³-hybridized carbons (Fsp3) is 0.121. The first-order valence-electron chi connectivity index (χ1n) is 13.2. The Bertz CT molecular complexity index is 1830. The Balaban J connectivity index is 1.42. The Morgan fingerprint density at radius 1 is 0.881 bits per heavy atom. The van der Waals surface area contributed by atoms with E-state index in [1.54, 1.807) is 59.3 Å². The number of carbonyl (C=O) groups is 2.